The molecule has 1 aliphatic heterocycles. The second-order valence-electron chi connectivity index (χ2n) is 9.52. The number of rotatable bonds is 9. The predicted molar refractivity (Wildman–Crippen MR) is 146 cm³/mol. The number of halogens is 1. The molecule has 0 saturated carbocycles. The minimum absolute atomic E-state index is 0.111. The Morgan fingerprint density at radius 3 is 2.54 bits per heavy atom. The first-order valence-corrected chi connectivity index (χ1v) is 13.6. The van der Waals surface area contributed by atoms with Crippen molar-refractivity contribution in [3.05, 3.63) is 62.5 Å². The van der Waals surface area contributed by atoms with Crippen LogP contribution in [0.25, 0.3) is 5.00 Å². The fourth-order valence-electron chi connectivity index (χ4n) is 4.56. The summed E-state index contributed by atoms with van der Waals surface area (Å²) in [7, 11) is 1.39. The molecular formula is C27H32ClN5O3S. The lowest BCUT2D eigenvalue weighted by Crippen LogP contribution is -2.34. The lowest BCUT2D eigenvalue weighted by molar-refractivity contribution is -0.140. The number of aryl methyl sites for hydroxylation is 2. The van der Waals surface area contributed by atoms with Gasteiger partial charge in [-0.15, -0.1) is 21.5 Å². The third-order valence-electron chi connectivity index (χ3n) is 6.70. The predicted octanol–water partition coefficient (Wildman–Crippen LogP) is 5.21. The van der Waals surface area contributed by atoms with Crippen molar-refractivity contribution in [1.29, 1.82) is 0 Å². The molecule has 196 valence electrons. The van der Waals surface area contributed by atoms with Gasteiger partial charge in [0.05, 0.1) is 19.2 Å². The fraction of sp³-hybridized carbons (Fsp3) is 0.444. The highest BCUT2D eigenvalue weighted by Gasteiger charge is 2.40. The van der Waals surface area contributed by atoms with Gasteiger partial charge in [-0.05, 0) is 58.2 Å². The Morgan fingerprint density at radius 2 is 1.84 bits per heavy atom. The number of unbranched alkanes of at least 4 members (excludes halogenated alkanes) is 2. The Morgan fingerprint density at radius 1 is 1.11 bits per heavy atom. The van der Waals surface area contributed by atoms with Crippen LogP contribution in [0.1, 0.15) is 72.2 Å². The van der Waals surface area contributed by atoms with E-state index in [-0.39, 0.29) is 18.3 Å². The molecule has 0 bridgehead atoms. The Balaban J connectivity index is 1.64. The van der Waals surface area contributed by atoms with Crippen LogP contribution in [0.15, 0.2) is 29.3 Å². The molecule has 3 aromatic rings. The molecule has 3 heterocycles. The number of hydrogen-bond donors (Lipinski definition) is 1. The lowest BCUT2D eigenvalue weighted by atomic mass is 9.95. The van der Waals surface area contributed by atoms with Gasteiger partial charge in [0.2, 0.25) is 5.91 Å². The largest absolute Gasteiger partial charge is 0.469 e. The second-order valence-corrected chi connectivity index (χ2v) is 11.2. The number of nitrogens with zero attached hydrogens (tertiary/aromatic N) is 4. The normalized spacial score (nSPS) is 16.4. The smallest absolute Gasteiger partial charge is 0.305 e. The van der Waals surface area contributed by atoms with Crippen molar-refractivity contribution in [3.8, 4) is 5.00 Å². The average Bonchev–Trinajstić information content (AvgIpc) is 3.36. The van der Waals surface area contributed by atoms with Crippen molar-refractivity contribution in [2.24, 2.45) is 4.99 Å². The van der Waals surface area contributed by atoms with Gasteiger partial charge in [0, 0.05) is 34.0 Å². The third kappa shape index (κ3) is 5.62. The van der Waals surface area contributed by atoms with E-state index >= 15 is 0 Å². The molecule has 1 N–H and O–H groups in total. The van der Waals surface area contributed by atoms with Crippen LogP contribution in [-0.2, 0) is 19.9 Å². The molecule has 1 amide bonds. The van der Waals surface area contributed by atoms with Gasteiger partial charge in [-0.1, -0.05) is 30.2 Å². The summed E-state index contributed by atoms with van der Waals surface area (Å²) in [6.45, 7) is 8.60. The minimum atomic E-state index is -0.940. The van der Waals surface area contributed by atoms with Gasteiger partial charge in [-0.25, -0.2) is 0 Å². The number of methoxy groups -OCH3 is 1. The number of benzene rings is 1. The zero-order valence-electron chi connectivity index (χ0n) is 21.9. The molecule has 0 fully saturated rings. The minimum Gasteiger partial charge on any atom is -0.469 e. The molecule has 0 unspecified atom stereocenters. The van der Waals surface area contributed by atoms with Crippen LogP contribution in [-0.4, -0.2) is 46.0 Å². The van der Waals surface area contributed by atoms with Crippen LogP contribution in [0, 0.1) is 20.8 Å². The molecule has 0 saturated heterocycles. The van der Waals surface area contributed by atoms with Gasteiger partial charge >= 0.3 is 5.97 Å². The Kier molecular flexibility index (Phi) is 8.14. The first-order chi connectivity index (χ1) is 17.6. The number of aromatic nitrogens is 3. The van der Waals surface area contributed by atoms with Crippen LogP contribution in [0.4, 0.5) is 0 Å². The quantitative estimate of drug-likeness (QED) is 0.296. The number of amides is 1. The highest BCUT2D eigenvalue weighted by molar-refractivity contribution is 7.15. The summed E-state index contributed by atoms with van der Waals surface area (Å²) in [5, 5.41) is 13.6. The summed E-state index contributed by atoms with van der Waals surface area (Å²) in [4.78, 5) is 30.8. The van der Waals surface area contributed by atoms with E-state index in [2.05, 4.69) is 34.1 Å². The van der Waals surface area contributed by atoms with E-state index in [1.54, 1.807) is 11.3 Å². The molecule has 0 spiro atoms. The number of fused-ring (bicyclic) bond motifs is 3. The molecule has 4 rings (SSSR count). The molecule has 1 aromatic carbocycles. The van der Waals surface area contributed by atoms with Crippen LogP contribution < -0.4 is 5.32 Å². The highest BCUT2D eigenvalue weighted by atomic mass is 35.5. The van der Waals surface area contributed by atoms with E-state index in [1.165, 1.54) is 12.0 Å². The first-order valence-electron chi connectivity index (χ1n) is 12.4. The average molecular weight is 542 g/mol. The molecule has 2 aromatic heterocycles. The Hall–Kier alpha value is -3.04. The summed E-state index contributed by atoms with van der Waals surface area (Å²) < 4.78 is 6.72. The summed E-state index contributed by atoms with van der Waals surface area (Å²) in [6, 6.07) is 7.64. The van der Waals surface area contributed by atoms with Crippen molar-refractivity contribution in [1.82, 2.24) is 20.1 Å². The number of carbonyl (C=O) groups excluding carboxylic acids is 2. The van der Waals surface area contributed by atoms with Crippen LogP contribution >= 0.6 is 22.9 Å². The van der Waals surface area contributed by atoms with Crippen molar-refractivity contribution in [2.75, 3.05) is 13.7 Å². The Labute approximate surface area is 226 Å². The summed E-state index contributed by atoms with van der Waals surface area (Å²) in [6.07, 6.45) is 2.86. The van der Waals surface area contributed by atoms with E-state index in [1.807, 2.05) is 42.7 Å². The van der Waals surface area contributed by atoms with Crippen molar-refractivity contribution >= 4 is 40.5 Å². The van der Waals surface area contributed by atoms with E-state index in [4.69, 9.17) is 16.6 Å². The fourth-order valence-corrected chi connectivity index (χ4v) is 5.90. The van der Waals surface area contributed by atoms with E-state index in [0.29, 0.717) is 23.8 Å². The molecule has 0 aliphatic carbocycles. The van der Waals surface area contributed by atoms with Crippen molar-refractivity contribution in [3.63, 3.8) is 0 Å². The molecule has 10 heteroatoms. The van der Waals surface area contributed by atoms with E-state index in [9.17, 15) is 9.59 Å². The first kappa shape index (κ1) is 27.0. The zero-order chi connectivity index (χ0) is 26.7. The molecular weight excluding hydrogens is 510 g/mol. The monoisotopic (exact) mass is 541 g/mol. The molecule has 8 nitrogen and oxygen atoms in total. The summed E-state index contributed by atoms with van der Waals surface area (Å²) in [5.74, 6) is 1.07. The molecule has 37 heavy (non-hydrogen) atoms. The van der Waals surface area contributed by atoms with Gasteiger partial charge in [0.25, 0.3) is 0 Å². The van der Waals surface area contributed by atoms with Crippen LogP contribution in [0.2, 0.25) is 5.02 Å². The van der Waals surface area contributed by atoms with Gasteiger partial charge in [0.1, 0.15) is 16.4 Å². The highest BCUT2D eigenvalue weighted by Crippen LogP contribution is 2.42. The maximum atomic E-state index is 13.1. The summed E-state index contributed by atoms with van der Waals surface area (Å²) >= 11 is 7.87. The lowest BCUT2D eigenvalue weighted by Gasteiger charge is -2.24. The van der Waals surface area contributed by atoms with Gasteiger partial charge < -0.3 is 10.1 Å². The maximum Gasteiger partial charge on any atom is 0.305 e. The number of thiophene rings is 1. The van der Waals surface area contributed by atoms with Crippen LogP contribution in [0.5, 0.6) is 0 Å². The standard InChI is InChI=1S/C27H32ClN5O3S/c1-16-17(2)37-25-23(16)24(19-10-12-20(28)13-11-19)30-27(4,26-32-31-18(3)33(25)26)15-21(34)29-14-8-6-7-9-22(35)36-5/h10-13H,6-9,14-15H2,1-5H3,(H,29,34)/t27-/m0/s1. The Bertz CT molecular complexity index is 1340. The number of nitrogens with one attached hydrogen (secondary N) is 1. The second kappa shape index (κ2) is 11.1. The molecule has 0 radical (unpaired) electrons. The molecule has 1 atom stereocenters. The van der Waals surface area contributed by atoms with Gasteiger partial charge in [-0.2, -0.15) is 0 Å². The number of hydrogen-bond acceptors (Lipinski definition) is 7. The van der Waals surface area contributed by atoms with Gasteiger partial charge in [0.15, 0.2) is 5.82 Å². The zero-order valence-corrected chi connectivity index (χ0v) is 23.4. The number of aliphatic imine (C=N–C) groups is 1. The third-order valence-corrected chi connectivity index (χ3v) is 8.15. The maximum absolute atomic E-state index is 13.1. The number of carbonyl (C=O) groups is 2. The van der Waals surface area contributed by atoms with Crippen LogP contribution in [0.3, 0.4) is 0 Å². The topological polar surface area (TPSA) is 98.5 Å². The number of ether oxygens (including phenoxy) is 1. The van der Waals surface area contributed by atoms with Gasteiger partial charge in [-0.3, -0.25) is 19.1 Å². The summed E-state index contributed by atoms with van der Waals surface area (Å²) in [5.41, 5.74) is 2.98. The molecule has 1 aliphatic rings. The van der Waals surface area contributed by atoms with E-state index < -0.39 is 5.54 Å². The van der Waals surface area contributed by atoms with Crippen molar-refractivity contribution in [2.45, 2.75) is 65.3 Å². The SMILES string of the molecule is COC(=O)CCCCCNC(=O)C[C@]1(C)N=C(c2ccc(Cl)cc2)c2c(sc(C)c2C)-n2c(C)nnc21. The number of esters is 1. The van der Waals surface area contributed by atoms with Crippen molar-refractivity contribution < 1.29 is 14.3 Å². The van der Waals surface area contributed by atoms with E-state index in [0.717, 1.165) is 52.5 Å².